The first-order valence-corrected chi connectivity index (χ1v) is 19.0. The topological polar surface area (TPSA) is 6.48 Å². The van der Waals surface area contributed by atoms with E-state index < -0.39 is 0 Å². The van der Waals surface area contributed by atoms with E-state index in [4.69, 9.17) is 0 Å². The summed E-state index contributed by atoms with van der Waals surface area (Å²) in [5.41, 5.74) is 0. The number of hydrogen-bond acceptors (Lipinski definition) is 2. The third-order valence-corrected chi connectivity index (χ3v) is 9.32. The number of unbranched alkanes of at least 4 members (excludes halogenated alkanes) is 26. The Morgan fingerprint density at radius 1 is 0.325 bits per heavy atom. The van der Waals surface area contributed by atoms with Crippen molar-refractivity contribution in [3.05, 3.63) is 12.4 Å². The zero-order valence-electron chi connectivity index (χ0n) is 28.3. The van der Waals surface area contributed by atoms with Gasteiger partial charge in [0.15, 0.2) is 0 Å². The molecule has 0 radical (unpaired) electrons. The summed E-state index contributed by atoms with van der Waals surface area (Å²) < 4.78 is 0. The lowest BCUT2D eigenvalue weighted by Crippen LogP contribution is -2.39. The van der Waals surface area contributed by atoms with Crippen molar-refractivity contribution in [2.24, 2.45) is 0 Å². The van der Waals surface area contributed by atoms with Crippen molar-refractivity contribution in [2.75, 3.05) is 13.1 Å². The van der Waals surface area contributed by atoms with E-state index in [-0.39, 0.29) is 0 Å². The van der Waals surface area contributed by atoms with Crippen LogP contribution in [0.5, 0.6) is 0 Å². The van der Waals surface area contributed by atoms with Gasteiger partial charge in [0.05, 0.1) is 0 Å². The van der Waals surface area contributed by atoms with E-state index in [0.29, 0.717) is 6.17 Å². The van der Waals surface area contributed by atoms with Gasteiger partial charge in [-0.25, -0.2) is 0 Å². The van der Waals surface area contributed by atoms with E-state index in [1.807, 2.05) is 0 Å². The summed E-state index contributed by atoms with van der Waals surface area (Å²) in [6.45, 7) is 9.47. The number of nitrogens with zero attached hydrogens (tertiary/aromatic N) is 2. The molecule has 0 amide bonds. The Morgan fingerprint density at radius 2 is 0.575 bits per heavy atom. The Labute approximate surface area is 254 Å². The molecule has 0 aromatic rings. The molecule has 1 atom stereocenters. The first kappa shape index (κ1) is 37.4. The van der Waals surface area contributed by atoms with Crippen molar-refractivity contribution < 1.29 is 0 Å². The van der Waals surface area contributed by atoms with Crippen LogP contribution in [0.4, 0.5) is 0 Å². The normalized spacial score (nSPS) is 15.1. The maximum atomic E-state index is 2.71. The summed E-state index contributed by atoms with van der Waals surface area (Å²) in [7, 11) is 0. The maximum Gasteiger partial charge on any atom is 0.101 e. The van der Waals surface area contributed by atoms with E-state index in [9.17, 15) is 0 Å². The molecule has 0 fully saturated rings. The van der Waals surface area contributed by atoms with Gasteiger partial charge < -0.3 is 9.80 Å². The van der Waals surface area contributed by atoms with Gasteiger partial charge in [0.1, 0.15) is 6.17 Å². The molecule has 0 bridgehead atoms. The molecular formula is C38H76N2. The minimum absolute atomic E-state index is 0.641. The third kappa shape index (κ3) is 22.0. The molecule has 1 rings (SSSR count). The fraction of sp³-hybridized carbons (Fsp3) is 0.947. The zero-order valence-corrected chi connectivity index (χ0v) is 28.3. The van der Waals surface area contributed by atoms with Gasteiger partial charge in [0.25, 0.3) is 0 Å². The summed E-state index contributed by atoms with van der Waals surface area (Å²) in [6.07, 6.45) is 48.5. The van der Waals surface area contributed by atoms with Crippen LogP contribution in [0.25, 0.3) is 0 Å². The molecule has 238 valence electrons. The summed E-state index contributed by atoms with van der Waals surface area (Å²) in [5.74, 6) is 0. The first-order chi connectivity index (χ1) is 19.8. The van der Waals surface area contributed by atoms with Crippen LogP contribution in [-0.2, 0) is 0 Å². The number of rotatable bonds is 32. The second-order valence-electron chi connectivity index (χ2n) is 13.2. The minimum atomic E-state index is 0.641. The largest absolute Gasteiger partial charge is 0.356 e. The molecule has 0 aromatic carbocycles. The second-order valence-corrected chi connectivity index (χ2v) is 13.2. The van der Waals surface area contributed by atoms with Gasteiger partial charge in [0.2, 0.25) is 0 Å². The predicted octanol–water partition coefficient (Wildman–Crippen LogP) is 13.2. The highest BCUT2D eigenvalue weighted by atomic mass is 15.4. The Morgan fingerprint density at radius 3 is 0.875 bits per heavy atom. The lowest BCUT2D eigenvalue weighted by atomic mass is 10.0. The van der Waals surface area contributed by atoms with Gasteiger partial charge in [-0.15, -0.1) is 0 Å². The Hall–Kier alpha value is -0.660. The smallest absolute Gasteiger partial charge is 0.101 e. The molecule has 0 N–H and O–H groups in total. The zero-order chi connectivity index (χ0) is 28.8. The van der Waals surface area contributed by atoms with E-state index in [0.717, 1.165) is 0 Å². The van der Waals surface area contributed by atoms with Crippen LogP contribution < -0.4 is 0 Å². The van der Waals surface area contributed by atoms with Crippen molar-refractivity contribution in [3.8, 4) is 0 Å². The van der Waals surface area contributed by atoms with Crippen molar-refractivity contribution in [1.29, 1.82) is 0 Å². The van der Waals surface area contributed by atoms with Gasteiger partial charge in [-0.2, -0.15) is 0 Å². The second kappa shape index (κ2) is 29.8. The average Bonchev–Trinajstić information content (AvgIpc) is 3.35. The van der Waals surface area contributed by atoms with Crippen molar-refractivity contribution in [2.45, 2.75) is 220 Å². The summed E-state index contributed by atoms with van der Waals surface area (Å²) in [6, 6.07) is 0. The van der Waals surface area contributed by atoms with E-state index in [1.165, 1.54) is 206 Å². The maximum absolute atomic E-state index is 2.71. The van der Waals surface area contributed by atoms with Gasteiger partial charge in [-0.1, -0.05) is 188 Å². The average molecular weight is 561 g/mol. The van der Waals surface area contributed by atoms with Crippen molar-refractivity contribution in [3.63, 3.8) is 0 Å². The van der Waals surface area contributed by atoms with Gasteiger partial charge in [-0.3, -0.25) is 0 Å². The van der Waals surface area contributed by atoms with Crippen LogP contribution in [-0.4, -0.2) is 29.1 Å². The van der Waals surface area contributed by atoms with Gasteiger partial charge in [-0.05, 0) is 25.7 Å². The summed E-state index contributed by atoms with van der Waals surface area (Å²) in [5, 5.41) is 0. The minimum Gasteiger partial charge on any atom is -0.356 e. The van der Waals surface area contributed by atoms with Gasteiger partial charge in [0, 0.05) is 25.5 Å². The lowest BCUT2D eigenvalue weighted by molar-refractivity contribution is 0.135. The van der Waals surface area contributed by atoms with Gasteiger partial charge >= 0.3 is 0 Å². The van der Waals surface area contributed by atoms with Crippen LogP contribution in [0.3, 0.4) is 0 Å². The Kier molecular flexibility index (Phi) is 27.9. The SMILES string of the molecule is CCCCCCCCCCCCCCCCCCN1C=CN(CCCCCCC)C1CCCCCCCCCC. The lowest BCUT2D eigenvalue weighted by Gasteiger charge is -2.33. The number of hydrogen-bond donors (Lipinski definition) is 0. The highest BCUT2D eigenvalue weighted by Gasteiger charge is 2.24. The molecule has 0 aliphatic carbocycles. The van der Waals surface area contributed by atoms with Crippen LogP contribution in [0, 0.1) is 0 Å². The monoisotopic (exact) mass is 561 g/mol. The molecule has 1 unspecified atom stereocenters. The summed E-state index contributed by atoms with van der Waals surface area (Å²) in [4.78, 5) is 5.40. The van der Waals surface area contributed by atoms with Crippen LogP contribution in [0.15, 0.2) is 12.4 Å². The first-order valence-electron chi connectivity index (χ1n) is 19.0. The molecule has 1 aliphatic heterocycles. The molecule has 0 aromatic heterocycles. The fourth-order valence-electron chi connectivity index (χ4n) is 6.54. The molecule has 1 heterocycles. The van der Waals surface area contributed by atoms with Crippen LogP contribution in [0.2, 0.25) is 0 Å². The molecule has 1 aliphatic rings. The quantitative estimate of drug-likeness (QED) is 0.0755. The van der Waals surface area contributed by atoms with E-state index >= 15 is 0 Å². The highest BCUT2D eigenvalue weighted by Crippen LogP contribution is 2.24. The predicted molar refractivity (Wildman–Crippen MR) is 182 cm³/mol. The third-order valence-electron chi connectivity index (χ3n) is 9.32. The molecule has 0 spiro atoms. The molecule has 0 saturated heterocycles. The van der Waals surface area contributed by atoms with Crippen molar-refractivity contribution >= 4 is 0 Å². The Balaban J connectivity index is 2.11. The van der Waals surface area contributed by atoms with Crippen LogP contribution in [0.1, 0.15) is 213 Å². The Bertz CT molecular complexity index is 516. The van der Waals surface area contributed by atoms with Crippen molar-refractivity contribution in [1.82, 2.24) is 9.80 Å². The highest BCUT2D eigenvalue weighted by molar-refractivity contribution is 4.97. The molecular weight excluding hydrogens is 484 g/mol. The standard InChI is InChI=1S/C38H76N2/c1-4-7-10-13-15-17-18-19-20-21-22-23-24-26-29-32-35-40-37-36-39(34-31-28-12-9-6-3)38(40)33-30-27-25-16-14-11-8-5-2/h36-38H,4-35H2,1-3H3. The molecule has 2 heteroatoms. The van der Waals surface area contributed by atoms with Crippen LogP contribution >= 0.6 is 0 Å². The molecule has 40 heavy (non-hydrogen) atoms. The van der Waals surface area contributed by atoms with E-state index in [2.05, 4.69) is 43.0 Å². The fourth-order valence-corrected chi connectivity index (χ4v) is 6.54. The van der Waals surface area contributed by atoms with E-state index in [1.54, 1.807) is 0 Å². The molecule has 2 nitrogen and oxygen atoms in total. The summed E-state index contributed by atoms with van der Waals surface area (Å²) >= 11 is 0. The molecule has 0 saturated carbocycles.